The number of halogens is 4. The Morgan fingerprint density at radius 3 is 2.64 bits per heavy atom. The predicted octanol–water partition coefficient (Wildman–Crippen LogP) is 3.99. The molecule has 0 saturated carbocycles. The van der Waals surface area contributed by atoms with Crippen molar-refractivity contribution >= 4 is 11.6 Å². The lowest BCUT2D eigenvalue weighted by atomic mass is 9.84. The molecule has 0 spiro atoms. The van der Waals surface area contributed by atoms with Crippen molar-refractivity contribution in [2.75, 3.05) is 11.9 Å². The molecule has 1 aromatic rings. The fourth-order valence-corrected chi connectivity index (χ4v) is 2.49. The van der Waals surface area contributed by atoms with E-state index in [9.17, 15) is 22.4 Å². The minimum atomic E-state index is -4.77. The summed E-state index contributed by atoms with van der Waals surface area (Å²) in [5, 5.41) is 2.33. The van der Waals surface area contributed by atoms with Gasteiger partial charge in [-0.05, 0) is 37.0 Å². The van der Waals surface area contributed by atoms with Gasteiger partial charge in [-0.3, -0.25) is 4.79 Å². The fourth-order valence-electron chi connectivity index (χ4n) is 2.49. The van der Waals surface area contributed by atoms with Gasteiger partial charge in [0.25, 0.3) is 0 Å². The average molecular weight is 319 g/mol. The van der Waals surface area contributed by atoms with Gasteiger partial charge in [-0.15, -0.1) is 0 Å². The zero-order valence-electron chi connectivity index (χ0n) is 12.3. The quantitative estimate of drug-likeness (QED) is 0.856. The molecule has 1 aliphatic rings. The first kappa shape index (κ1) is 16.7. The molecule has 1 aliphatic heterocycles. The maximum Gasteiger partial charge on any atom is 0.421 e. The molecule has 122 valence electrons. The first-order chi connectivity index (χ1) is 10.2. The van der Waals surface area contributed by atoms with Crippen LogP contribution in [0.4, 0.5) is 23.2 Å². The van der Waals surface area contributed by atoms with Crippen LogP contribution in [-0.4, -0.2) is 18.7 Å². The lowest BCUT2D eigenvalue weighted by molar-refractivity contribution is -0.285. The molecule has 1 unspecified atom stereocenters. The van der Waals surface area contributed by atoms with Crippen LogP contribution in [0, 0.1) is 11.7 Å². The lowest BCUT2D eigenvalue weighted by Gasteiger charge is -2.36. The third kappa shape index (κ3) is 3.09. The normalized spacial score (nSPS) is 22.2. The standard InChI is InChI=1S/C15H17F4NO2/c1-9(2)5-6-14(15(17,18)19)11-7-10(16)3-4-12(11)20-13(21)8-22-14/h3-4,7,9H,5-6,8H2,1-2H3,(H,20,21). The van der Waals surface area contributed by atoms with E-state index in [4.69, 9.17) is 4.74 Å². The number of hydrogen-bond acceptors (Lipinski definition) is 2. The van der Waals surface area contributed by atoms with Gasteiger partial charge in [-0.25, -0.2) is 4.39 Å². The Morgan fingerprint density at radius 2 is 2.05 bits per heavy atom. The first-order valence-corrected chi connectivity index (χ1v) is 6.96. The largest absolute Gasteiger partial charge is 0.421 e. The highest BCUT2D eigenvalue weighted by Gasteiger charge is 2.59. The summed E-state index contributed by atoms with van der Waals surface area (Å²) in [5.74, 6) is -1.49. The van der Waals surface area contributed by atoms with Crippen LogP contribution in [0.2, 0.25) is 0 Å². The minimum Gasteiger partial charge on any atom is -0.351 e. The van der Waals surface area contributed by atoms with E-state index in [0.717, 1.165) is 18.2 Å². The molecular weight excluding hydrogens is 302 g/mol. The molecule has 3 nitrogen and oxygen atoms in total. The van der Waals surface area contributed by atoms with E-state index >= 15 is 0 Å². The van der Waals surface area contributed by atoms with Gasteiger partial charge in [0.2, 0.25) is 5.91 Å². The third-order valence-corrected chi connectivity index (χ3v) is 3.67. The van der Waals surface area contributed by atoms with E-state index in [2.05, 4.69) is 5.32 Å². The molecule has 0 fully saturated rings. The fraction of sp³-hybridized carbons (Fsp3) is 0.533. The zero-order valence-corrected chi connectivity index (χ0v) is 12.3. The van der Waals surface area contributed by atoms with Crippen molar-refractivity contribution in [3.63, 3.8) is 0 Å². The summed E-state index contributed by atoms with van der Waals surface area (Å²) in [6, 6.07) is 2.93. The molecule has 0 aromatic heterocycles. The van der Waals surface area contributed by atoms with Crippen LogP contribution >= 0.6 is 0 Å². The van der Waals surface area contributed by atoms with E-state index < -0.39 is 30.1 Å². The van der Waals surface area contributed by atoms with Crippen LogP contribution in [-0.2, 0) is 15.1 Å². The zero-order chi connectivity index (χ0) is 16.5. The summed E-state index contributed by atoms with van der Waals surface area (Å²) in [5.41, 5.74) is -3.13. The number of carbonyl (C=O) groups excluding carboxylic acids is 1. The Balaban J connectivity index is 2.61. The van der Waals surface area contributed by atoms with Crippen LogP contribution < -0.4 is 5.32 Å². The van der Waals surface area contributed by atoms with E-state index in [1.165, 1.54) is 0 Å². The van der Waals surface area contributed by atoms with Gasteiger partial charge < -0.3 is 10.1 Å². The summed E-state index contributed by atoms with van der Waals surface area (Å²) in [6.45, 7) is 2.85. The minimum absolute atomic E-state index is 0.00625. The highest BCUT2D eigenvalue weighted by Crippen LogP contribution is 2.49. The summed E-state index contributed by atoms with van der Waals surface area (Å²) in [6.07, 6.45) is -4.92. The molecule has 1 amide bonds. The number of ether oxygens (including phenoxy) is 1. The van der Waals surface area contributed by atoms with Crippen molar-refractivity contribution in [3.05, 3.63) is 29.6 Å². The van der Waals surface area contributed by atoms with Gasteiger partial charge >= 0.3 is 6.18 Å². The molecule has 0 bridgehead atoms. The van der Waals surface area contributed by atoms with Crippen LogP contribution in [0.25, 0.3) is 0 Å². The van der Waals surface area contributed by atoms with Crippen LogP contribution in [0.15, 0.2) is 18.2 Å². The second kappa shape index (κ2) is 5.87. The number of carbonyl (C=O) groups is 1. The molecule has 0 saturated heterocycles. The Hall–Kier alpha value is -1.63. The predicted molar refractivity (Wildman–Crippen MR) is 72.8 cm³/mol. The second-order valence-corrected chi connectivity index (χ2v) is 5.78. The highest BCUT2D eigenvalue weighted by atomic mass is 19.4. The van der Waals surface area contributed by atoms with Crippen molar-refractivity contribution in [2.45, 2.75) is 38.5 Å². The molecule has 1 N–H and O–H groups in total. The van der Waals surface area contributed by atoms with Gasteiger partial charge in [0, 0.05) is 11.3 Å². The van der Waals surface area contributed by atoms with Crippen molar-refractivity contribution in [1.29, 1.82) is 0 Å². The van der Waals surface area contributed by atoms with Gasteiger partial charge in [0.05, 0.1) is 0 Å². The number of alkyl halides is 3. The Bertz CT molecular complexity index is 571. The van der Waals surface area contributed by atoms with Crippen molar-refractivity contribution in [1.82, 2.24) is 0 Å². The smallest absolute Gasteiger partial charge is 0.351 e. The molecule has 1 heterocycles. The third-order valence-electron chi connectivity index (χ3n) is 3.67. The molecule has 22 heavy (non-hydrogen) atoms. The molecule has 1 aromatic carbocycles. The van der Waals surface area contributed by atoms with E-state index in [1.807, 2.05) is 0 Å². The lowest BCUT2D eigenvalue weighted by Crippen LogP contribution is -2.45. The summed E-state index contributed by atoms with van der Waals surface area (Å²) in [4.78, 5) is 11.6. The average Bonchev–Trinajstić information content (AvgIpc) is 2.53. The van der Waals surface area contributed by atoms with Gasteiger partial charge in [0.15, 0.2) is 5.60 Å². The number of amides is 1. The van der Waals surface area contributed by atoms with E-state index in [1.54, 1.807) is 13.8 Å². The number of rotatable bonds is 3. The number of fused-ring (bicyclic) bond motifs is 1. The molecule has 0 aliphatic carbocycles. The van der Waals surface area contributed by atoms with Gasteiger partial charge in [0.1, 0.15) is 12.4 Å². The summed E-state index contributed by atoms with van der Waals surface area (Å²) >= 11 is 0. The van der Waals surface area contributed by atoms with Gasteiger partial charge in [-0.2, -0.15) is 13.2 Å². The van der Waals surface area contributed by atoms with Crippen LogP contribution in [0.5, 0.6) is 0 Å². The van der Waals surface area contributed by atoms with Gasteiger partial charge in [-0.1, -0.05) is 13.8 Å². The number of benzene rings is 1. The number of anilines is 1. The van der Waals surface area contributed by atoms with Crippen molar-refractivity contribution in [2.24, 2.45) is 5.92 Å². The Labute approximate surface area is 125 Å². The Kier molecular flexibility index (Phi) is 4.47. The second-order valence-electron chi connectivity index (χ2n) is 5.78. The maximum absolute atomic E-state index is 13.8. The number of nitrogens with one attached hydrogen (secondary N) is 1. The molecule has 2 rings (SSSR count). The van der Waals surface area contributed by atoms with E-state index in [0.29, 0.717) is 0 Å². The topological polar surface area (TPSA) is 38.3 Å². The molecule has 0 radical (unpaired) electrons. The number of hydrogen-bond donors (Lipinski definition) is 1. The van der Waals surface area contributed by atoms with Crippen LogP contribution in [0.1, 0.15) is 32.3 Å². The van der Waals surface area contributed by atoms with Crippen LogP contribution in [0.3, 0.4) is 0 Å². The Morgan fingerprint density at radius 1 is 1.36 bits per heavy atom. The SMILES string of the molecule is CC(C)CCC1(C(F)(F)F)OCC(=O)Nc2ccc(F)cc21. The summed E-state index contributed by atoms with van der Waals surface area (Å²) in [7, 11) is 0. The maximum atomic E-state index is 13.8. The molecule has 1 atom stereocenters. The monoisotopic (exact) mass is 319 g/mol. The summed E-state index contributed by atoms with van der Waals surface area (Å²) < 4.78 is 59.8. The molecular formula is C15H17F4NO2. The van der Waals surface area contributed by atoms with E-state index in [-0.39, 0.29) is 30.0 Å². The first-order valence-electron chi connectivity index (χ1n) is 6.96. The van der Waals surface area contributed by atoms with Crippen molar-refractivity contribution in [3.8, 4) is 0 Å². The highest BCUT2D eigenvalue weighted by molar-refractivity contribution is 5.93. The molecule has 7 heteroatoms. The van der Waals surface area contributed by atoms with Crippen molar-refractivity contribution < 1.29 is 27.1 Å².